The Kier molecular flexibility index (Phi) is 8.25. The minimum absolute atomic E-state index is 0.00668. The lowest BCUT2D eigenvalue weighted by Crippen LogP contribution is -2.30. The maximum atomic E-state index is 11.2. The summed E-state index contributed by atoms with van der Waals surface area (Å²) in [5.74, 6) is 0.0923. The van der Waals surface area contributed by atoms with E-state index in [9.17, 15) is 9.90 Å². The minimum Gasteiger partial charge on any atom is -0.480 e. The highest BCUT2D eigenvalue weighted by atomic mass is 16.5. The summed E-state index contributed by atoms with van der Waals surface area (Å²) in [6, 6.07) is 22.2. The lowest BCUT2D eigenvalue weighted by Gasteiger charge is -2.19. The van der Waals surface area contributed by atoms with Gasteiger partial charge in [-0.3, -0.25) is 9.69 Å². The Balaban J connectivity index is 1.60. The van der Waals surface area contributed by atoms with Gasteiger partial charge in [-0.1, -0.05) is 60.6 Å². The van der Waals surface area contributed by atoms with Crippen molar-refractivity contribution in [1.29, 1.82) is 0 Å². The van der Waals surface area contributed by atoms with Crippen LogP contribution >= 0.6 is 0 Å². The fraction of sp³-hybridized carbons (Fsp3) is 0.276. The molecule has 7 nitrogen and oxygen atoms in total. The smallest absolute Gasteiger partial charge is 0.317 e. The zero-order valence-electron chi connectivity index (χ0n) is 20.9. The molecule has 0 saturated heterocycles. The van der Waals surface area contributed by atoms with E-state index in [-0.39, 0.29) is 6.54 Å². The van der Waals surface area contributed by atoms with Crippen LogP contribution in [0.25, 0.3) is 34.0 Å². The van der Waals surface area contributed by atoms with Crippen molar-refractivity contribution >= 4 is 5.97 Å². The number of ether oxygens (including phenoxy) is 1. The number of methoxy groups -OCH3 is 1. The molecule has 0 unspecified atom stereocenters. The second kappa shape index (κ2) is 11.7. The van der Waals surface area contributed by atoms with Gasteiger partial charge >= 0.3 is 5.97 Å². The fourth-order valence-electron chi connectivity index (χ4n) is 4.39. The average Bonchev–Trinajstić information content (AvgIpc) is 3.35. The molecule has 0 aliphatic heterocycles. The molecule has 0 radical (unpaired) electrons. The standard InChI is InChI=1S/C29H31N3O4/c1-4-14-32(18-27(33)34)17-21-9-7-10-22(15-21)28-30-29(36-31-28)23-12-13-26(24(16-23)19-35-3)25-11-6-5-8-20(25)2/h5-13,15-16H,4,14,17-19H2,1-3H3,(H,33,34). The topological polar surface area (TPSA) is 88.7 Å². The average molecular weight is 486 g/mol. The van der Waals surface area contributed by atoms with Crippen LogP contribution in [0.15, 0.2) is 71.3 Å². The summed E-state index contributed by atoms with van der Waals surface area (Å²) in [6.45, 7) is 5.86. The summed E-state index contributed by atoms with van der Waals surface area (Å²) in [6.07, 6.45) is 0.884. The van der Waals surface area contributed by atoms with Crippen LogP contribution < -0.4 is 0 Å². The van der Waals surface area contributed by atoms with Crippen LogP contribution in [-0.2, 0) is 22.7 Å². The Morgan fingerprint density at radius 1 is 1.03 bits per heavy atom. The summed E-state index contributed by atoms with van der Waals surface area (Å²) >= 11 is 0. The second-order valence-electron chi connectivity index (χ2n) is 8.85. The van der Waals surface area contributed by atoms with E-state index in [0.29, 0.717) is 31.4 Å². The van der Waals surface area contributed by atoms with Crippen LogP contribution in [0, 0.1) is 6.92 Å². The van der Waals surface area contributed by atoms with E-state index >= 15 is 0 Å². The number of carboxylic acids is 1. The van der Waals surface area contributed by atoms with Crippen molar-refractivity contribution in [3.05, 3.63) is 83.4 Å². The third-order valence-electron chi connectivity index (χ3n) is 6.00. The number of hydrogen-bond donors (Lipinski definition) is 1. The third-order valence-corrected chi connectivity index (χ3v) is 6.00. The first kappa shape index (κ1) is 25.3. The molecule has 1 aromatic heterocycles. The van der Waals surface area contributed by atoms with Gasteiger partial charge in [-0.25, -0.2) is 0 Å². The molecule has 0 aliphatic rings. The van der Waals surface area contributed by atoms with Gasteiger partial charge in [0.25, 0.3) is 5.89 Å². The van der Waals surface area contributed by atoms with E-state index in [4.69, 9.17) is 9.26 Å². The molecule has 186 valence electrons. The number of aliphatic carboxylic acids is 1. The number of rotatable bonds is 11. The van der Waals surface area contributed by atoms with Gasteiger partial charge < -0.3 is 14.4 Å². The molecule has 1 heterocycles. The largest absolute Gasteiger partial charge is 0.480 e. The van der Waals surface area contributed by atoms with E-state index in [1.807, 2.05) is 60.4 Å². The molecule has 3 aromatic carbocycles. The molecule has 7 heteroatoms. The van der Waals surface area contributed by atoms with Crippen LogP contribution in [0.1, 0.15) is 30.0 Å². The molecule has 0 fully saturated rings. The lowest BCUT2D eigenvalue weighted by molar-refractivity contribution is -0.138. The van der Waals surface area contributed by atoms with Crippen LogP contribution in [-0.4, -0.2) is 46.3 Å². The van der Waals surface area contributed by atoms with Crippen molar-refractivity contribution in [2.24, 2.45) is 0 Å². The molecule has 36 heavy (non-hydrogen) atoms. The van der Waals surface area contributed by atoms with Gasteiger partial charge in [0.15, 0.2) is 0 Å². The number of benzene rings is 3. The molecule has 1 N–H and O–H groups in total. The predicted octanol–water partition coefficient (Wildman–Crippen LogP) is 5.82. The Labute approximate surface area is 211 Å². The molecular weight excluding hydrogens is 454 g/mol. The zero-order chi connectivity index (χ0) is 25.5. The molecule has 0 bridgehead atoms. The first-order valence-corrected chi connectivity index (χ1v) is 12.0. The number of nitrogens with zero attached hydrogens (tertiary/aromatic N) is 3. The molecule has 0 atom stereocenters. The highest BCUT2D eigenvalue weighted by Gasteiger charge is 2.16. The Morgan fingerprint density at radius 3 is 2.61 bits per heavy atom. The molecule has 0 amide bonds. The molecule has 0 aliphatic carbocycles. The second-order valence-corrected chi connectivity index (χ2v) is 8.85. The zero-order valence-corrected chi connectivity index (χ0v) is 20.9. The quantitative estimate of drug-likeness (QED) is 0.286. The number of aryl methyl sites for hydroxylation is 1. The van der Waals surface area contributed by atoms with Gasteiger partial charge in [-0.05, 0) is 65.9 Å². The molecule has 0 spiro atoms. The van der Waals surface area contributed by atoms with Gasteiger partial charge in [-0.2, -0.15) is 4.98 Å². The minimum atomic E-state index is -0.830. The van der Waals surface area contributed by atoms with E-state index in [0.717, 1.165) is 34.2 Å². The number of carboxylic acid groups (broad SMARTS) is 1. The lowest BCUT2D eigenvalue weighted by atomic mass is 9.94. The third kappa shape index (κ3) is 6.05. The first-order chi connectivity index (χ1) is 17.5. The van der Waals surface area contributed by atoms with Crippen LogP contribution in [0.2, 0.25) is 0 Å². The van der Waals surface area contributed by atoms with Crippen LogP contribution in [0.5, 0.6) is 0 Å². The Bertz CT molecular complexity index is 1330. The van der Waals surface area contributed by atoms with Gasteiger partial charge in [-0.15, -0.1) is 0 Å². The van der Waals surface area contributed by atoms with E-state index in [1.54, 1.807) is 7.11 Å². The number of carbonyl (C=O) groups is 1. The maximum absolute atomic E-state index is 11.2. The van der Waals surface area contributed by atoms with Crippen molar-refractivity contribution in [3.8, 4) is 34.0 Å². The van der Waals surface area contributed by atoms with Gasteiger partial charge in [0.05, 0.1) is 13.2 Å². The summed E-state index contributed by atoms with van der Waals surface area (Å²) in [5.41, 5.74) is 7.17. The van der Waals surface area contributed by atoms with Crippen LogP contribution in [0.3, 0.4) is 0 Å². The van der Waals surface area contributed by atoms with Crippen molar-refractivity contribution < 1.29 is 19.2 Å². The number of aromatic nitrogens is 2. The highest BCUT2D eigenvalue weighted by molar-refractivity contribution is 5.74. The predicted molar refractivity (Wildman–Crippen MR) is 139 cm³/mol. The monoisotopic (exact) mass is 485 g/mol. The Morgan fingerprint density at radius 2 is 1.86 bits per heavy atom. The van der Waals surface area contributed by atoms with E-state index in [2.05, 4.69) is 35.3 Å². The van der Waals surface area contributed by atoms with Crippen molar-refractivity contribution in [2.45, 2.75) is 33.4 Å². The van der Waals surface area contributed by atoms with Crippen molar-refractivity contribution in [2.75, 3.05) is 20.2 Å². The SMILES string of the molecule is CCCN(CC(=O)O)Cc1cccc(-c2noc(-c3ccc(-c4ccccc4C)c(COC)c3)n2)c1. The Hall–Kier alpha value is -3.81. The summed E-state index contributed by atoms with van der Waals surface area (Å²) < 4.78 is 11.1. The normalized spacial score (nSPS) is 11.2. The van der Waals surface area contributed by atoms with E-state index in [1.165, 1.54) is 11.1 Å². The molecule has 0 saturated carbocycles. The van der Waals surface area contributed by atoms with Crippen molar-refractivity contribution in [3.63, 3.8) is 0 Å². The number of hydrogen-bond acceptors (Lipinski definition) is 6. The maximum Gasteiger partial charge on any atom is 0.317 e. The molecule has 4 rings (SSSR count). The van der Waals surface area contributed by atoms with Gasteiger partial charge in [0.2, 0.25) is 5.82 Å². The van der Waals surface area contributed by atoms with E-state index < -0.39 is 5.97 Å². The summed E-state index contributed by atoms with van der Waals surface area (Å²) in [4.78, 5) is 17.8. The summed E-state index contributed by atoms with van der Waals surface area (Å²) in [7, 11) is 1.68. The van der Waals surface area contributed by atoms with Crippen LogP contribution in [0.4, 0.5) is 0 Å². The molecule has 4 aromatic rings. The summed E-state index contributed by atoms with van der Waals surface area (Å²) in [5, 5.41) is 13.4. The highest BCUT2D eigenvalue weighted by Crippen LogP contribution is 2.31. The van der Waals surface area contributed by atoms with Gasteiger partial charge in [0.1, 0.15) is 0 Å². The fourth-order valence-corrected chi connectivity index (χ4v) is 4.39. The molecular formula is C29H31N3O4. The first-order valence-electron chi connectivity index (χ1n) is 12.0. The van der Waals surface area contributed by atoms with Crippen molar-refractivity contribution in [1.82, 2.24) is 15.0 Å². The van der Waals surface area contributed by atoms with Gasteiger partial charge in [0, 0.05) is 24.8 Å².